The van der Waals surface area contributed by atoms with Crippen molar-refractivity contribution in [2.45, 2.75) is 13.3 Å². The summed E-state index contributed by atoms with van der Waals surface area (Å²) in [5, 5.41) is 15.8. The van der Waals surface area contributed by atoms with Crippen LogP contribution in [-0.2, 0) is 6.42 Å². The maximum Gasteiger partial charge on any atom is 0.311 e. The predicted octanol–water partition coefficient (Wildman–Crippen LogP) is 5.12. The normalized spacial score (nSPS) is 10.7. The van der Waals surface area contributed by atoms with E-state index in [1.165, 1.54) is 16.9 Å². The molecule has 0 unspecified atom stereocenters. The lowest BCUT2D eigenvalue weighted by Gasteiger charge is -2.04. The summed E-state index contributed by atoms with van der Waals surface area (Å²) in [7, 11) is 0. The largest absolute Gasteiger partial charge is 0.341 e. The summed E-state index contributed by atoms with van der Waals surface area (Å²) in [6.45, 7) is 2.10. The Hall–Kier alpha value is -2.40. The van der Waals surface area contributed by atoms with Gasteiger partial charge < -0.3 is 5.32 Å². The van der Waals surface area contributed by atoms with Gasteiger partial charge in [0.25, 0.3) is 0 Å². The first-order valence-corrected chi connectivity index (χ1v) is 7.52. The number of hydrogen-bond donors (Lipinski definition) is 1. The van der Waals surface area contributed by atoms with Gasteiger partial charge >= 0.3 is 5.69 Å². The Morgan fingerprint density at radius 1 is 1.14 bits per heavy atom. The highest BCUT2D eigenvalue weighted by Gasteiger charge is 2.22. The number of anilines is 2. The molecular formula is C16H14N2O2S. The Balaban J connectivity index is 2.02. The minimum Gasteiger partial charge on any atom is -0.341 e. The van der Waals surface area contributed by atoms with Gasteiger partial charge in [0.1, 0.15) is 0 Å². The van der Waals surface area contributed by atoms with E-state index < -0.39 is 0 Å². The van der Waals surface area contributed by atoms with Crippen LogP contribution in [0.15, 0.2) is 48.5 Å². The van der Waals surface area contributed by atoms with Gasteiger partial charge in [0, 0.05) is 10.4 Å². The van der Waals surface area contributed by atoms with Gasteiger partial charge in [-0.3, -0.25) is 10.1 Å². The predicted molar refractivity (Wildman–Crippen MR) is 87.6 cm³/mol. The summed E-state index contributed by atoms with van der Waals surface area (Å²) in [4.78, 5) is 11.0. The van der Waals surface area contributed by atoms with Crippen LogP contribution < -0.4 is 5.32 Å². The second kappa shape index (κ2) is 5.54. The van der Waals surface area contributed by atoms with Crippen molar-refractivity contribution in [2.24, 2.45) is 0 Å². The van der Waals surface area contributed by atoms with E-state index >= 15 is 0 Å². The number of thiophene rings is 1. The highest BCUT2D eigenvalue weighted by molar-refractivity contribution is 7.23. The Morgan fingerprint density at radius 3 is 2.52 bits per heavy atom. The van der Waals surface area contributed by atoms with Crippen LogP contribution in [0.2, 0.25) is 0 Å². The molecule has 3 aromatic rings. The molecule has 0 bridgehead atoms. The Morgan fingerprint density at radius 2 is 1.86 bits per heavy atom. The zero-order valence-electron chi connectivity index (χ0n) is 11.5. The number of fused-ring (bicyclic) bond motifs is 1. The topological polar surface area (TPSA) is 55.2 Å². The maximum atomic E-state index is 11.4. The summed E-state index contributed by atoms with van der Waals surface area (Å²) >= 11 is 1.40. The van der Waals surface area contributed by atoms with Crippen LogP contribution in [0.5, 0.6) is 0 Å². The molecule has 0 fully saturated rings. The summed E-state index contributed by atoms with van der Waals surface area (Å²) < 4.78 is 0.914. The average Bonchev–Trinajstić information content (AvgIpc) is 2.86. The summed E-state index contributed by atoms with van der Waals surface area (Å²) in [6.07, 6.45) is 0.976. The van der Waals surface area contributed by atoms with E-state index in [-0.39, 0.29) is 10.6 Å². The van der Waals surface area contributed by atoms with E-state index in [1.807, 2.05) is 42.5 Å². The van der Waals surface area contributed by atoms with Crippen LogP contribution in [-0.4, -0.2) is 4.92 Å². The standard InChI is InChI=1S/C16H14N2O2S/c1-2-11-7-9-12(10-8-11)17-16-15(18(19)20)13-5-3-4-6-14(13)21-16/h3-10,17H,2H2,1H3. The van der Waals surface area contributed by atoms with Crippen molar-refractivity contribution in [3.63, 3.8) is 0 Å². The fraction of sp³-hybridized carbons (Fsp3) is 0.125. The van der Waals surface area contributed by atoms with E-state index in [2.05, 4.69) is 12.2 Å². The van der Waals surface area contributed by atoms with Crippen LogP contribution in [0.1, 0.15) is 12.5 Å². The summed E-state index contributed by atoms with van der Waals surface area (Å²) in [5.41, 5.74) is 2.25. The quantitative estimate of drug-likeness (QED) is 0.537. The fourth-order valence-electron chi connectivity index (χ4n) is 2.25. The number of nitrogens with zero attached hydrogens (tertiary/aromatic N) is 1. The third-order valence-corrected chi connectivity index (χ3v) is 4.45. The SMILES string of the molecule is CCc1ccc(Nc2sc3ccccc3c2[N+](=O)[O-])cc1. The molecular weight excluding hydrogens is 284 g/mol. The monoisotopic (exact) mass is 298 g/mol. The molecule has 1 aromatic heterocycles. The van der Waals surface area contributed by atoms with Crippen LogP contribution >= 0.6 is 11.3 Å². The van der Waals surface area contributed by atoms with Crippen molar-refractivity contribution < 1.29 is 4.92 Å². The lowest BCUT2D eigenvalue weighted by Crippen LogP contribution is -1.93. The highest BCUT2D eigenvalue weighted by atomic mass is 32.1. The van der Waals surface area contributed by atoms with Gasteiger partial charge in [-0.05, 0) is 36.2 Å². The number of nitro groups is 1. The highest BCUT2D eigenvalue weighted by Crippen LogP contribution is 2.42. The molecule has 0 spiro atoms. The molecule has 0 amide bonds. The minimum atomic E-state index is -0.318. The molecule has 5 heteroatoms. The van der Waals surface area contributed by atoms with E-state index in [1.54, 1.807) is 6.07 Å². The summed E-state index contributed by atoms with van der Waals surface area (Å²) in [5.74, 6) is 0. The average molecular weight is 298 g/mol. The summed E-state index contributed by atoms with van der Waals surface area (Å²) in [6, 6.07) is 15.4. The van der Waals surface area contributed by atoms with Gasteiger partial charge in [-0.2, -0.15) is 0 Å². The number of aryl methyl sites for hydroxylation is 1. The van der Waals surface area contributed by atoms with Gasteiger partial charge in [0.15, 0.2) is 5.00 Å². The van der Waals surface area contributed by atoms with Gasteiger partial charge in [-0.25, -0.2) is 0 Å². The first-order valence-electron chi connectivity index (χ1n) is 6.71. The van der Waals surface area contributed by atoms with Crippen LogP contribution in [0.3, 0.4) is 0 Å². The van der Waals surface area contributed by atoms with E-state index in [9.17, 15) is 10.1 Å². The molecule has 106 valence electrons. The Bertz CT molecular complexity index is 794. The fourth-order valence-corrected chi connectivity index (χ4v) is 3.34. The molecule has 0 aliphatic heterocycles. The molecule has 2 aromatic carbocycles. The number of nitrogens with one attached hydrogen (secondary N) is 1. The van der Waals surface area contributed by atoms with Crippen LogP contribution in [0.25, 0.3) is 10.1 Å². The van der Waals surface area contributed by atoms with Crippen LogP contribution in [0, 0.1) is 10.1 Å². The number of benzene rings is 2. The van der Waals surface area contributed by atoms with Crippen molar-refractivity contribution in [3.8, 4) is 0 Å². The van der Waals surface area contributed by atoms with E-state index in [4.69, 9.17) is 0 Å². The second-order valence-corrected chi connectivity index (χ2v) is 5.76. The zero-order chi connectivity index (χ0) is 14.8. The smallest absolute Gasteiger partial charge is 0.311 e. The molecule has 0 aliphatic rings. The molecule has 1 N–H and O–H groups in total. The molecule has 3 rings (SSSR count). The lowest BCUT2D eigenvalue weighted by molar-refractivity contribution is -0.381. The van der Waals surface area contributed by atoms with E-state index in [0.29, 0.717) is 10.4 Å². The van der Waals surface area contributed by atoms with Crippen molar-refractivity contribution in [3.05, 3.63) is 64.2 Å². The molecule has 0 aliphatic carbocycles. The maximum absolute atomic E-state index is 11.4. The molecule has 4 nitrogen and oxygen atoms in total. The van der Waals surface area contributed by atoms with Gasteiger partial charge in [0.2, 0.25) is 0 Å². The lowest BCUT2D eigenvalue weighted by atomic mass is 10.1. The Kier molecular flexibility index (Phi) is 3.58. The third kappa shape index (κ3) is 2.60. The van der Waals surface area contributed by atoms with Crippen molar-refractivity contribution >= 4 is 37.8 Å². The van der Waals surface area contributed by atoms with Crippen molar-refractivity contribution in [2.75, 3.05) is 5.32 Å². The first kappa shape index (κ1) is 13.6. The van der Waals surface area contributed by atoms with E-state index in [0.717, 1.165) is 16.8 Å². The molecule has 0 saturated heterocycles. The van der Waals surface area contributed by atoms with Crippen molar-refractivity contribution in [1.29, 1.82) is 0 Å². The molecule has 1 heterocycles. The van der Waals surface area contributed by atoms with Crippen molar-refractivity contribution in [1.82, 2.24) is 0 Å². The minimum absolute atomic E-state index is 0.148. The first-order chi connectivity index (χ1) is 10.2. The zero-order valence-corrected chi connectivity index (χ0v) is 12.3. The van der Waals surface area contributed by atoms with Gasteiger partial charge in [-0.15, -0.1) is 11.3 Å². The number of rotatable bonds is 4. The second-order valence-electron chi connectivity index (χ2n) is 4.71. The Labute approximate surface area is 126 Å². The number of hydrogen-bond acceptors (Lipinski definition) is 4. The van der Waals surface area contributed by atoms with Gasteiger partial charge in [-0.1, -0.05) is 31.2 Å². The molecule has 0 saturated carbocycles. The van der Waals surface area contributed by atoms with Crippen LogP contribution in [0.4, 0.5) is 16.4 Å². The molecule has 0 atom stereocenters. The molecule has 21 heavy (non-hydrogen) atoms. The third-order valence-electron chi connectivity index (χ3n) is 3.37. The molecule has 0 radical (unpaired) electrons. The van der Waals surface area contributed by atoms with Gasteiger partial charge in [0.05, 0.1) is 10.3 Å².